The van der Waals surface area contributed by atoms with Gasteiger partial charge >= 0.3 is 6.09 Å². The van der Waals surface area contributed by atoms with Gasteiger partial charge in [0.05, 0.1) is 6.54 Å². The topological polar surface area (TPSA) is 166 Å². The minimum absolute atomic E-state index is 0. The third kappa shape index (κ3) is 11.0. The molecule has 0 aliphatic heterocycles. The number of benzene rings is 1. The lowest BCUT2D eigenvalue weighted by molar-refractivity contribution is -0.127. The van der Waals surface area contributed by atoms with Gasteiger partial charge in [0.25, 0.3) is 0 Å². The second-order valence-electron chi connectivity index (χ2n) is 5.62. The zero-order chi connectivity index (χ0) is 20.1. The molecule has 156 valence electrons. The van der Waals surface area contributed by atoms with E-state index in [1.165, 1.54) is 0 Å². The number of nitrogens with two attached hydrogens (primary N) is 2. The first-order valence-electron chi connectivity index (χ1n) is 8.42. The minimum atomic E-state index is -1.07. The first-order chi connectivity index (χ1) is 12.9. The van der Waals surface area contributed by atoms with Crippen LogP contribution in [0.25, 0.3) is 0 Å². The number of primary amides is 1. The number of amides is 4. The number of hydrogen-bond acceptors (Lipinski definition) is 6. The molecule has 0 fully saturated rings. The Morgan fingerprint density at radius 2 is 1.75 bits per heavy atom. The number of ether oxygens (including phenoxy) is 1. The molecule has 0 saturated carbocycles. The van der Waals surface area contributed by atoms with Gasteiger partial charge in [-0.3, -0.25) is 14.4 Å². The van der Waals surface area contributed by atoms with E-state index in [1.54, 1.807) is 24.3 Å². The van der Waals surface area contributed by atoms with Crippen LogP contribution in [0.2, 0.25) is 0 Å². The molecular formula is C17H26ClN5O5. The number of nitrogens with one attached hydrogen (secondary N) is 3. The zero-order valence-electron chi connectivity index (χ0n) is 15.3. The predicted molar refractivity (Wildman–Crippen MR) is 104 cm³/mol. The Balaban J connectivity index is 0.00000729. The second-order valence-corrected chi connectivity index (χ2v) is 5.62. The molecule has 0 aliphatic carbocycles. The molecule has 1 aromatic carbocycles. The Labute approximate surface area is 169 Å². The zero-order valence-corrected chi connectivity index (χ0v) is 16.1. The second kappa shape index (κ2) is 14.2. The average molecular weight is 416 g/mol. The highest BCUT2D eigenvalue weighted by Gasteiger charge is 2.22. The van der Waals surface area contributed by atoms with Crippen LogP contribution in [0.5, 0.6) is 0 Å². The summed E-state index contributed by atoms with van der Waals surface area (Å²) >= 11 is 0. The first kappa shape index (κ1) is 25.2. The number of rotatable bonds is 11. The van der Waals surface area contributed by atoms with Crippen molar-refractivity contribution in [1.29, 1.82) is 0 Å². The predicted octanol–water partition coefficient (Wildman–Crippen LogP) is -0.840. The fourth-order valence-electron chi connectivity index (χ4n) is 2.03. The molecule has 0 radical (unpaired) electrons. The summed E-state index contributed by atoms with van der Waals surface area (Å²) in [6, 6.07) is 7.93. The Hall–Kier alpha value is -2.85. The Bertz CT molecular complexity index is 644. The van der Waals surface area contributed by atoms with Crippen LogP contribution in [0.1, 0.15) is 18.4 Å². The minimum Gasteiger partial charge on any atom is -0.445 e. The summed E-state index contributed by atoms with van der Waals surface area (Å²) in [5.41, 5.74) is 11.1. The molecule has 11 heteroatoms. The van der Waals surface area contributed by atoms with Crippen LogP contribution < -0.4 is 27.4 Å². The molecule has 0 aromatic heterocycles. The highest BCUT2D eigenvalue weighted by Crippen LogP contribution is 2.02. The van der Waals surface area contributed by atoms with E-state index in [9.17, 15) is 19.2 Å². The normalized spacial score (nSPS) is 10.8. The van der Waals surface area contributed by atoms with Gasteiger partial charge < -0.3 is 32.2 Å². The van der Waals surface area contributed by atoms with Crippen LogP contribution in [0.15, 0.2) is 30.3 Å². The number of halogens is 1. The van der Waals surface area contributed by atoms with Gasteiger partial charge in [-0.05, 0) is 12.0 Å². The highest BCUT2D eigenvalue weighted by atomic mass is 35.5. The van der Waals surface area contributed by atoms with Crippen molar-refractivity contribution in [2.45, 2.75) is 25.5 Å². The smallest absolute Gasteiger partial charge is 0.408 e. The standard InChI is InChI=1S/C17H25N5O5.ClH/c18-8-9-20-15(24)10-21-16(25)13(6-7-14(19)23)22-17(26)27-11-12-4-2-1-3-5-12;/h1-5,13H,6-11,18H2,(H2,19,23)(H,20,24)(H,21,25)(H,22,26);1H. The first-order valence-corrected chi connectivity index (χ1v) is 8.42. The van der Waals surface area contributed by atoms with Gasteiger partial charge in [0, 0.05) is 19.5 Å². The van der Waals surface area contributed by atoms with Crippen molar-refractivity contribution in [3.8, 4) is 0 Å². The van der Waals surface area contributed by atoms with Crippen molar-refractivity contribution in [3.63, 3.8) is 0 Å². The van der Waals surface area contributed by atoms with E-state index in [0.717, 1.165) is 5.56 Å². The molecular weight excluding hydrogens is 390 g/mol. The quantitative estimate of drug-likeness (QED) is 0.316. The lowest BCUT2D eigenvalue weighted by Crippen LogP contribution is -2.49. The Kier molecular flexibility index (Phi) is 12.8. The summed E-state index contributed by atoms with van der Waals surface area (Å²) in [7, 11) is 0. The summed E-state index contributed by atoms with van der Waals surface area (Å²) in [5.74, 6) is -1.67. The maximum absolute atomic E-state index is 12.2. The monoisotopic (exact) mass is 415 g/mol. The highest BCUT2D eigenvalue weighted by molar-refractivity contribution is 5.89. The molecule has 10 nitrogen and oxygen atoms in total. The fourth-order valence-corrected chi connectivity index (χ4v) is 2.03. The molecule has 28 heavy (non-hydrogen) atoms. The summed E-state index contributed by atoms with van der Waals surface area (Å²) in [4.78, 5) is 46.6. The number of carbonyl (C=O) groups is 4. The fraction of sp³-hybridized carbons (Fsp3) is 0.412. The van der Waals surface area contributed by atoms with Crippen LogP contribution in [0.4, 0.5) is 4.79 Å². The SMILES string of the molecule is Cl.NCCNC(=O)CNC(=O)C(CCC(N)=O)NC(=O)OCc1ccccc1. The molecule has 1 unspecified atom stereocenters. The van der Waals surface area contributed by atoms with E-state index in [0.29, 0.717) is 0 Å². The average Bonchev–Trinajstić information content (AvgIpc) is 2.66. The van der Waals surface area contributed by atoms with Crippen molar-refractivity contribution in [2.75, 3.05) is 19.6 Å². The van der Waals surface area contributed by atoms with Crippen LogP contribution in [0, 0.1) is 0 Å². The van der Waals surface area contributed by atoms with Crippen molar-refractivity contribution >= 4 is 36.2 Å². The van der Waals surface area contributed by atoms with Gasteiger partial charge in [-0.15, -0.1) is 12.4 Å². The summed E-state index contributed by atoms with van der Waals surface area (Å²) in [5, 5.41) is 7.25. The third-order valence-corrected chi connectivity index (χ3v) is 3.39. The van der Waals surface area contributed by atoms with Crippen LogP contribution in [-0.2, 0) is 25.7 Å². The van der Waals surface area contributed by atoms with Crippen molar-refractivity contribution in [1.82, 2.24) is 16.0 Å². The molecule has 0 saturated heterocycles. The Morgan fingerprint density at radius 1 is 1.07 bits per heavy atom. The van der Waals surface area contributed by atoms with Gasteiger partial charge in [-0.25, -0.2) is 4.79 Å². The van der Waals surface area contributed by atoms with E-state index in [-0.39, 0.29) is 51.5 Å². The maximum Gasteiger partial charge on any atom is 0.408 e. The summed E-state index contributed by atoms with van der Waals surface area (Å²) in [6.45, 7) is 0.296. The van der Waals surface area contributed by atoms with Gasteiger partial charge in [0.15, 0.2) is 0 Å². The van der Waals surface area contributed by atoms with Gasteiger partial charge in [0.1, 0.15) is 12.6 Å². The van der Waals surface area contributed by atoms with Gasteiger partial charge in [-0.2, -0.15) is 0 Å². The van der Waals surface area contributed by atoms with Crippen molar-refractivity contribution in [2.24, 2.45) is 11.5 Å². The van der Waals surface area contributed by atoms with Crippen molar-refractivity contribution < 1.29 is 23.9 Å². The lowest BCUT2D eigenvalue weighted by Gasteiger charge is -2.17. The summed E-state index contributed by atoms with van der Waals surface area (Å²) in [6.07, 6.45) is -0.960. The van der Waals surface area contributed by atoms with Crippen LogP contribution in [-0.4, -0.2) is 49.5 Å². The van der Waals surface area contributed by atoms with E-state index in [1.807, 2.05) is 6.07 Å². The van der Waals surface area contributed by atoms with Gasteiger partial charge in [0.2, 0.25) is 17.7 Å². The van der Waals surface area contributed by atoms with E-state index >= 15 is 0 Å². The van der Waals surface area contributed by atoms with Crippen LogP contribution in [0.3, 0.4) is 0 Å². The van der Waals surface area contributed by atoms with E-state index in [4.69, 9.17) is 16.2 Å². The van der Waals surface area contributed by atoms with Crippen molar-refractivity contribution in [3.05, 3.63) is 35.9 Å². The molecule has 0 aliphatic rings. The molecule has 1 rings (SSSR count). The largest absolute Gasteiger partial charge is 0.445 e. The summed E-state index contributed by atoms with van der Waals surface area (Å²) < 4.78 is 5.05. The number of carbonyl (C=O) groups excluding carboxylic acids is 4. The molecule has 7 N–H and O–H groups in total. The molecule has 0 heterocycles. The van der Waals surface area contributed by atoms with E-state index in [2.05, 4.69) is 16.0 Å². The maximum atomic E-state index is 12.2. The Morgan fingerprint density at radius 3 is 2.36 bits per heavy atom. The van der Waals surface area contributed by atoms with Gasteiger partial charge in [-0.1, -0.05) is 30.3 Å². The number of alkyl carbamates (subject to hydrolysis) is 1. The van der Waals surface area contributed by atoms with Crippen LogP contribution >= 0.6 is 12.4 Å². The van der Waals surface area contributed by atoms with E-state index < -0.39 is 29.9 Å². The third-order valence-electron chi connectivity index (χ3n) is 3.39. The lowest BCUT2D eigenvalue weighted by atomic mass is 10.1. The molecule has 4 amide bonds. The molecule has 0 bridgehead atoms. The molecule has 0 spiro atoms. The molecule has 1 aromatic rings. The molecule has 1 atom stereocenters. The number of hydrogen-bond donors (Lipinski definition) is 5.